The minimum Gasteiger partial charge on any atom is -0.506 e. The van der Waals surface area contributed by atoms with E-state index in [4.69, 9.17) is 16.6 Å². The Hall–Kier alpha value is -2.40. The summed E-state index contributed by atoms with van der Waals surface area (Å²) < 4.78 is 5.55. The zero-order chi connectivity index (χ0) is 13.2. The van der Waals surface area contributed by atoms with Crippen molar-refractivity contribution in [3.8, 4) is 5.75 Å². The number of phenols is 1. The summed E-state index contributed by atoms with van der Waals surface area (Å²) in [5.74, 6) is 0.459. The van der Waals surface area contributed by atoms with Crippen molar-refractivity contribution in [2.75, 3.05) is 5.32 Å². The standard InChI is InChI=1S/C14H10N2O2S/c17-11-7-3-1-5-9(11)16-14(19)13-15-10-6-2-4-8-12(10)18-13/h1-8,17H,(H,16,19). The van der Waals surface area contributed by atoms with Crippen LogP contribution >= 0.6 is 12.2 Å². The molecule has 3 aromatic rings. The van der Waals surface area contributed by atoms with Crippen molar-refractivity contribution in [2.45, 2.75) is 0 Å². The maximum atomic E-state index is 9.67. The quantitative estimate of drug-likeness (QED) is 0.552. The minimum atomic E-state index is 0.126. The SMILES string of the molecule is Oc1ccccc1NC(=S)c1nc2ccccc2o1. The lowest BCUT2D eigenvalue weighted by atomic mass is 10.3. The number of aromatic hydroxyl groups is 1. The van der Waals surface area contributed by atoms with Gasteiger partial charge in [0.2, 0.25) is 0 Å². The molecule has 0 aliphatic heterocycles. The van der Waals surface area contributed by atoms with Crippen molar-refractivity contribution in [1.82, 2.24) is 4.98 Å². The molecule has 1 aromatic heterocycles. The summed E-state index contributed by atoms with van der Waals surface area (Å²) in [4.78, 5) is 4.62. The first kappa shape index (κ1) is 11.7. The zero-order valence-corrected chi connectivity index (χ0v) is 10.6. The normalized spacial score (nSPS) is 10.5. The van der Waals surface area contributed by atoms with Gasteiger partial charge in [0.25, 0.3) is 5.89 Å². The van der Waals surface area contributed by atoms with Gasteiger partial charge in [-0.3, -0.25) is 0 Å². The molecule has 0 unspecified atom stereocenters. The maximum Gasteiger partial charge on any atom is 0.255 e. The Morgan fingerprint density at radius 2 is 1.84 bits per heavy atom. The van der Waals surface area contributed by atoms with Crippen LogP contribution in [0.5, 0.6) is 5.75 Å². The summed E-state index contributed by atoms with van der Waals surface area (Å²) in [7, 11) is 0. The average molecular weight is 270 g/mol. The number of para-hydroxylation sites is 4. The van der Waals surface area contributed by atoms with Crippen LogP contribution in [-0.4, -0.2) is 15.1 Å². The Bertz CT molecular complexity index is 719. The Labute approximate surface area is 114 Å². The molecule has 0 bridgehead atoms. The van der Waals surface area contributed by atoms with Crippen molar-refractivity contribution in [3.63, 3.8) is 0 Å². The van der Waals surface area contributed by atoms with Gasteiger partial charge in [-0.25, -0.2) is 4.98 Å². The Kier molecular flexibility index (Phi) is 2.89. The van der Waals surface area contributed by atoms with Crippen molar-refractivity contribution in [2.24, 2.45) is 0 Å². The molecule has 0 fully saturated rings. The highest BCUT2D eigenvalue weighted by molar-refractivity contribution is 7.81. The molecule has 19 heavy (non-hydrogen) atoms. The van der Waals surface area contributed by atoms with Gasteiger partial charge >= 0.3 is 0 Å². The van der Waals surface area contributed by atoms with E-state index in [1.165, 1.54) is 0 Å². The van der Waals surface area contributed by atoms with Gasteiger partial charge in [0, 0.05) is 0 Å². The number of nitrogens with zero attached hydrogens (tertiary/aromatic N) is 1. The molecule has 94 valence electrons. The highest BCUT2D eigenvalue weighted by Gasteiger charge is 2.11. The molecular formula is C14H10N2O2S. The Balaban J connectivity index is 1.90. The first-order valence-corrected chi connectivity index (χ1v) is 6.10. The molecule has 3 rings (SSSR count). The molecule has 0 radical (unpaired) electrons. The number of rotatable bonds is 2. The van der Waals surface area contributed by atoms with Crippen molar-refractivity contribution < 1.29 is 9.52 Å². The van der Waals surface area contributed by atoms with Gasteiger partial charge in [-0.1, -0.05) is 36.5 Å². The van der Waals surface area contributed by atoms with Crippen LogP contribution in [-0.2, 0) is 0 Å². The van der Waals surface area contributed by atoms with Crippen molar-refractivity contribution in [3.05, 3.63) is 54.4 Å². The van der Waals surface area contributed by atoms with Crippen molar-refractivity contribution >= 4 is 34.0 Å². The van der Waals surface area contributed by atoms with Gasteiger partial charge in [-0.2, -0.15) is 0 Å². The molecule has 1 heterocycles. The molecule has 2 N–H and O–H groups in total. The van der Waals surface area contributed by atoms with E-state index >= 15 is 0 Å². The molecular weight excluding hydrogens is 260 g/mol. The number of hydrogen-bond donors (Lipinski definition) is 2. The number of oxazole rings is 1. The van der Waals surface area contributed by atoms with E-state index in [0.717, 1.165) is 5.52 Å². The second-order valence-electron chi connectivity index (χ2n) is 3.96. The predicted molar refractivity (Wildman–Crippen MR) is 77.4 cm³/mol. The molecule has 0 saturated heterocycles. The summed E-state index contributed by atoms with van der Waals surface area (Å²) >= 11 is 5.22. The fourth-order valence-corrected chi connectivity index (χ4v) is 1.92. The van der Waals surface area contributed by atoms with Gasteiger partial charge < -0.3 is 14.8 Å². The Morgan fingerprint density at radius 1 is 1.11 bits per heavy atom. The van der Waals surface area contributed by atoms with Gasteiger partial charge in [0.05, 0.1) is 5.69 Å². The lowest BCUT2D eigenvalue weighted by Crippen LogP contribution is -2.10. The lowest BCUT2D eigenvalue weighted by molar-refractivity contribution is 0.478. The number of phenolic OH excluding ortho intramolecular Hbond substituents is 1. The largest absolute Gasteiger partial charge is 0.506 e. The summed E-state index contributed by atoms with van der Waals surface area (Å²) in [5, 5.41) is 12.6. The Morgan fingerprint density at radius 3 is 2.63 bits per heavy atom. The lowest BCUT2D eigenvalue weighted by Gasteiger charge is -2.06. The van der Waals surface area contributed by atoms with E-state index in [2.05, 4.69) is 10.3 Å². The van der Waals surface area contributed by atoms with Crippen LogP contribution in [0.2, 0.25) is 0 Å². The smallest absolute Gasteiger partial charge is 0.255 e. The predicted octanol–water partition coefficient (Wildman–Crippen LogP) is 3.32. The van der Waals surface area contributed by atoms with E-state index < -0.39 is 0 Å². The van der Waals surface area contributed by atoms with Crippen LogP contribution in [0.4, 0.5) is 5.69 Å². The number of aromatic nitrogens is 1. The maximum absolute atomic E-state index is 9.67. The molecule has 0 aliphatic carbocycles. The highest BCUT2D eigenvalue weighted by Crippen LogP contribution is 2.23. The number of anilines is 1. The third-order valence-electron chi connectivity index (χ3n) is 2.64. The summed E-state index contributed by atoms with van der Waals surface area (Å²) in [5.41, 5.74) is 1.95. The monoisotopic (exact) mass is 270 g/mol. The van der Waals surface area contributed by atoms with Crippen LogP contribution in [0.15, 0.2) is 52.9 Å². The molecule has 5 heteroatoms. The van der Waals surface area contributed by atoms with Crippen molar-refractivity contribution in [1.29, 1.82) is 0 Å². The minimum absolute atomic E-state index is 0.126. The fourth-order valence-electron chi connectivity index (χ4n) is 1.72. The van der Waals surface area contributed by atoms with E-state index in [9.17, 15) is 5.11 Å². The molecule has 0 aliphatic rings. The number of nitrogens with one attached hydrogen (secondary N) is 1. The van der Waals surface area contributed by atoms with Crippen LogP contribution in [0.25, 0.3) is 11.1 Å². The fraction of sp³-hybridized carbons (Fsp3) is 0. The van der Waals surface area contributed by atoms with Crippen LogP contribution in [0.3, 0.4) is 0 Å². The van der Waals surface area contributed by atoms with Gasteiger partial charge in [0.15, 0.2) is 10.6 Å². The molecule has 0 spiro atoms. The summed E-state index contributed by atoms with van der Waals surface area (Å²) in [6.07, 6.45) is 0. The second-order valence-corrected chi connectivity index (χ2v) is 4.37. The third kappa shape index (κ3) is 2.28. The first-order chi connectivity index (χ1) is 9.24. The number of thiocarbonyl (C=S) groups is 1. The zero-order valence-electron chi connectivity index (χ0n) is 9.83. The van der Waals surface area contributed by atoms with Crippen LogP contribution < -0.4 is 5.32 Å². The van der Waals surface area contributed by atoms with Crippen LogP contribution in [0.1, 0.15) is 5.89 Å². The van der Waals surface area contributed by atoms with E-state index in [-0.39, 0.29) is 5.75 Å². The average Bonchev–Trinajstić information content (AvgIpc) is 2.85. The van der Waals surface area contributed by atoms with E-state index in [0.29, 0.717) is 22.1 Å². The number of benzene rings is 2. The van der Waals surface area contributed by atoms with Gasteiger partial charge in [-0.05, 0) is 24.3 Å². The third-order valence-corrected chi connectivity index (χ3v) is 2.92. The first-order valence-electron chi connectivity index (χ1n) is 5.69. The van der Waals surface area contributed by atoms with Gasteiger partial charge in [-0.15, -0.1) is 0 Å². The highest BCUT2D eigenvalue weighted by atomic mass is 32.1. The topological polar surface area (TPSA) is 58.3 Å². The molecule has 0 amide bonds. The van der Waals surface area contributed by atoms with E-state index in [1.807, 2.05) is 24.3 Å². The second kappa shape index (κ2) is 4.70. The summed E-state index contributed by atoms with van der Waals surface area (Å²) in [6.45, 7) is 0. The van der Waals surface area contributed by atoms with Gasteiger partial charge in [0.1, 0.15) is 11.3 Å². The number of hydrogen-bond acceptors (Lipinski definition) is 4. The van der Waals surface area contributed by atoms with Crippen LogP contribution in [0, 0.1) is 0 Å². The number of fused-ring (bicyclic) bond motifs is 1. The molecule has 2 aromatic carbocycles. The molecule has 0 saturated carbocycles. The summed E-state index contributed by atoms with van der Waals surface area (Å²) in [6, 6.07) is 14.3. The molecule has 4 nitrogen and oxygen atoms in total. The molecule has 0 atom stereocenters. The van der Waals surface area contributed by atoms with E-state index in [1.54, 1.807) is 24.3 Å².